The number of amidine groups is 1. The Kier molecular flexibility index (Phi) is 7.73. The Morgan fingerprint density at radius 3 is 2.51 bits per heavy atom. The van der Waals surface area contributed by atoms with Gasteiger partial charge in [-0.1, -0.05) is 42.1 Å². The summed E-state index contributed by atoms with van der Waals surface area (Å²) in [5, 5.41) is 5.43. The predicted molar refractivity (Wildman–Crippen MR) is 142 cm³/mol. The van der Waals surface area contributed by atoms with Crippen molar-refractivity contribution in [1.82, 2.24) is 10.2 Å². The highest BCUT2D eigenvalue weighted by atomic mass is 32.2. The van der Waals surface area contributed by atoms with Crippen LogP contribution in [0.4, 0.5) is 4.39 Å². The number of thioether (sulfide) groups is 1. The van der Waals surface area contributed by atoms with Gasteiger partial charge < -0.3 is 19.7 Å². The van der Waals surface area contributed by atoms with Crippen LogP contribution >= 0.6 is 11.8 Å². The first-order chi connectivity index (χ1) is 17.6. The average Bonchev–Trinajstić information content (AvgIpc) is 3.23. The first-order valence-electron chi connectivity index (χ1n) is 11.9. The first-order valence-corrected chi connectivity index (χ1v) is 12.8. The molecule has 194 valence electrons. The number of nitrogens with zero attached hydrogens (tertiary/aromatic N) is 2. The lowest BCUT2D eigenvalue weighted by Crippen LogP contribution is -2.39. The quantitative estimate of drug-likeness (QED) is 0.486. The maximum Gasteiger partial charge on any atom is 0.338 e. The van der Waals surface area contributed by atoms with Crippen LogP contribution in [0.15, 0.2) is 75.9 Å². The fraction of sp³-hybridized carbons (Fsp3) is 0.321. The van der Waals surface area contributed by atoms with Gasteiger partial charge in [-0.15, -0.1) is 0 Å². The zero-order valence-electron chi connectivity index (χ0n) is 21.5. The molecule has 0 unspecified atom stereocenters. The number of para-hydroxylation sites is 1. The van der Waals surface area contributed by atoms with Crippen LogP contribution in [-0.2, 0) is 20.9 Å². The number of methoxy groups -OCH3 is 1. The molecule has 0 aromatic heterocycles. The number of fused-ring (bicyclic) bond motifs is 1. The number of esters is 1. The number of rotatable bonds is 7. The maximum atomic E-state index is 13.5. The molecule has 0 fully saturated rings. The Morgan fingerprint density at radius 2 is 1.84 bits per heavy atom. The molecular formula is C28H30FN3O4S. The number of allylic oxidation sites excluding steroid dienone is 1. The molecule has 2 aromatic rings. The van der Waals surface area contributed by atoms with E-state index in [1.165, 1.54) is 23.9 Å². The Morgan fingerprint density at radius 1 is 1.14 bits per heavy atom. The normalized spacial score (nSPS) is 17.1. The minimum atomic E-state index is -0.696. The molecule has 7 nitrogen and oxygen atoms in total. The summed E-state index contributed by atoms with van der Waals surface area (Å²) in [6, 6.07) is 12.9. The molecule has 0 aliphatic carbocycles. The Balaban J connectivity index is 1.64. The fourth-order valence-corrected chi connectivity index (χ4v) is 5.14. The number of amides is 1. The van der Waals surface area contributed by atoms with E-state index in [1.807, 2.05) is 55.3 Å². The van der Waals surface area contributed by atoms with E-state index >= 15 is 0 Å². The number of aliphatic imine (C=N–C) groups is 1. The van der Waals surface area contributed by atoms with E-state index in [0.717, 1.165) is 11.1 Å². The van der Waals surface area contributed by atoms with Gasteiger partial charge in [0.05, 0.1) is 30.8 Å². The van der Waals surface area contributed by atoms with E-state index in [0.29, 0.717) is 27.9 Å². The summed E-state index contributed by atoms with van der Waals surface area (Å²) in [4.78, 5) is 33.0. The van der Waals surface area contributed by atoms with Gasteiger partial charge in [0.15, 0.2) is 5.17 Å². The second kappa shape index (κ2) is 10.8. The van der Waals surface area contributed by atoms with E-state index in [1.54, 1.807) is 26.2 Å². The standard InChI is InChI=1S/C28H30FN3O4S/c1-17-24(26(34)36-28(2,3)4)25(21-8-6-7-9-22(21)35-5)32-20(16-37-27(32)31-17)14-23(33)30-15-18-10-12-19(29)13-11-18/h6-13,16,25H,14-15H2,1-5H3,(H,30,33)/t25-/m0/s1. The van der Waals surface area contributed by atoms with E-state index < -0.39 is 17.6 Å². The molecule has 0 spiro atoms. The molecule has 2 aromatic carbocycles. The van der Waals surface area contributed by atoms with Gasteiger partial charge in [0.1, 0.15) is 17.2 Å². The largest absolute Gasteiger partial charge is 0.496 e. The number of halogens is 1. The third-order valence-electron chi connectivity index (χ3n) is 5.80. The van der Waals surface area contributed by atoms with Crippen molar-refractivity contribution < 1.29 is 23.5 Å². The summed E-state index contributed by atoms with van der Waals surface area (Å²) in [6.07, 6.45) is 0.0690. The van der Waals surface area contributed by atoms with Gasteiger partial charge in [-0.3, -0.25) is 4.79 Å². The lowest BCUT2D eigenvalue weighted by molar-refractivity contribution is -0.150. The van der Waals surface area contributed by atoms with Crippen molar-refractivity contribution in [2.24, 2.45) is 4.99 Å². The summed E-state index contributed by atoms with van der Waals surface area (Å²) in [7, 11) is 1.58. The number of hydrogen-bond donors (Lipinski definition) is 1. The molecule has 2 heterocycles. The highest BCUT2D eigenvalue weighted by molar-refractivity contribution is 8.16. The SMILES string of the molecule is COc1ccccc1[C@H]1C(C(=O)OC(C)(C)C)=C(C)N=C2SC=C(CC(=O)NCc3ccc(F)cc3)N21. The zero-order valence-corrected chi connectivity index (χ0v) is 22.3. The predicted octanol–water partition coefficient (Wildman–Crippen LogP) is 5.46. The topological polar surface area (TPSA) is 80.2 Å². The summed E-state index contributed by atoms with van der Waals surface area (Å²) in [5.41, 5.74) is 2.51. The van der Waals surface area contributed by atoms with Crippen LogP contribution in [0.25, 0.3) is 0 Å². The van der Waals surface area contributed by atoms with Crippen molar-refractivity contribution in [1.29, 1.82) is 0 Å². The Hall–Kier alpha value is -3.59. The molecule has 2 aliphatic rings. The molecule has 0 saturated carbocycles. The van der Waals surface area contributed by atoms with E-state index in [2.05, 4.69) is 5.32 Å². The van der Waals surface area contributed by atoms with Crippen LogP contribution in [0.1, 0.15) is 51.3 Å². The molecule has 2 aliphatic heterocycles. The van der Waals surface area contributed by atoms with Gasteiger partial charge in [-0.25, -0.2) is 14.2 Å². The molecule has 1 atom stereocenters. The molecule has 0 radical (unpaired) electrons. The summed E-state index contributed by atoms with van der Waals surface area (Å²) in [5.74, 6) is -0.395. The Bertz CT molecular complexity index is 1300. The molecular weight excluding hydrogens is 493 g/mol. The van der Waals surface area contributed by atoms with E-state index in [4.69, 9.17) is 14.5 Å². The van der Waals surface area contributed by atoms with Crippen molar-refractivity contribution in [2.75, 3.05) is 7.11 Å². The van der Waals surface area contributed by atoms with Gasteiger partial charge in [0.25, 0.3) is 0 Å². The van der Waals surface area contributed by atoms with Gasteiger partial charge in [0.2, 0.25) is 5.91 Å². The van der Waals surface area contributed by atoms with Crippen molar-refractivity contribution >= 4 is 28.8 Å². The highest BCUT2D eigenvalue weighted by Crippen LogP contribution is 2.47. The van der Waals surface area contributed by atoms with Crippen molar-refractivity contribution in [3.05, 3.63) is 87.9 Å². The third-order valence-corrected chi connectivity index (χ3v) is 6.69. The lowest BCUT2D eigenvalue weighted by Gasteiger charge is -2.37. The highest BCUT2D eigenvalue weighted by Gasteiger charge is 2.42. The summed E-state index contributed by atoms with van der Waals surface area (Å²) < 4.78 is 24.6. The lowest BCUT2D eigenvalue weighted by atomic mass is 9.93. The molecule has 4 rings (SSSR count). The summed E-state index contributed by atoms with van der Waals surface area (Å²) >= 11 is 1.40. The van der Waals surface area contributed by atoms with Gasteiger partial charge in [-0.05, 0) is 56.9 Å². The maximum absolute atomic E-state index is 13.5. The number of nitrogens with one attached hydrogen (secondary N) is 1. The van der Waals surface area contributed by atoms with Crippen LogP contribution < -0.4 is 10.1 Å². The van der Waals surface area contributed by atoms with Gasteiger partial charge in [0, 0.05) is 17.8 Å². The average molecular weight is 524 g/mol. The third kappa shape index (κ3) is 6.05. The van der Waals surface area contributed by atoms with Crippen molar-refractivity contribution in [2.45, 2.75) is 52.3 Å². The van der Waals surface area contributed by atoms with Crippen molar-refractivity contribution in [3.63, 3.8) is 0 Å². The van der Waals surface area contributed by atoms with Crippen LogP contribution in [-0.4, -0.2) is 34.7 Å². The zero-order chi connectivity index (χ0) is 26.7. The van der Waals surface area contributed by atoms with Gasteiger partial charge >= 0.3 is 5.97 Å². The number of hydrogen-bond acceptors (Lipinski definition) is 7. The van der Waals surface area contributed by atoms with E-state index in [9.17, 15) is 14.0 Å². The molecule has 0 saturated heterocycles. The minimum Gasteiger partial charge on any atom is -0.496 e. The van der Waals surface area contributed by atoms with Crippen molar-refractivity contribution in [3.8, 4) is 5.75 Å². The molecule has 1 amide bonds. The first kappa shape index (κ1) is 26.5. The van der Waals surface area contributed by atoms with Crippen LogP contribution in [0.2, 0.25) is 0 Å². The van der Waals surface area contributed by atoms with Crippen LogP contribution in [0, 0.1) is 5.82 Å². The second-order valence-corrected chi connectivity index (χ2v) is 10.6. The summed E-state index contributed by atoms with van der Waals surface area (Å²) in [6.45, 7) is 7.52. The minimum absolute atomic E-state index is 0.0690. The number of carbonyl (C=O) groups is 2. The number of benzene rings is 2. The van der Waals surface area contributed by atoms with E-state index in [-0.39, 0.29) is 24.7 Å². The van der Waals surface area contributed by atoms with Crippen LogP contribution in [0.3, 0.4) is 0 Å². The molecule has 0 bridgehead atoms. The molecule has 1 N–H and O–H groups in total. The monoisotopic (exact) mass is 523 g/mol. The molecule has 37 heavy (non-hydrogen) atoms. The van der Waals surface area contributed by atoms with Gasteiger partial charge in [-0.2, -0.15) is 0 Å². The second-order valence-electron chi connectivity index (χ2n) is 9.72. The smallest absolute Gasteiger partial charge is 0.338 e. The fourth-order valence-electron chi connectivity index (χ4n) is 4.18. The number of carbonyl (C=O) groups excluding carboxylic acids is 2. The number of ether oxygens (including phenoxy) is 2. The van der Waals surface area contributed by atoms with Crippen LogP contribution in [0.5, 0.6) is 5.75 Å². The Labute approximate surface area is 220 Å². The molecule has 9 heteroatoms.